The van der Waals surface area contributed by atoms with E-state index in [9.17, 15) is 0 Å². The Morgan fingerprint density at radius 3 is 2.07 bits per heavy atom. The van der Waals surface area contributed by atoms with Gasteiger partial charge in [0.1, 0.15) is 0 Å². The second-order valence-corrected chi connectivity index (χ2v) is 9.54. The summed E-state index contributed by atoms with van der Waals surface area (Å²) >= 11 is 0. The number of hydrogen-bond acceptors (Lipinski definition) is 2. The van der Waals surface area contributed by atoms with Crippen LogP contribution in [0.3, 0.4) is 0 Å². The van der Waals surface area contributed by atoms with E-state index in [2.05, 4.69) is 74.0 Å². The third-order valence-corrected chi connectivity index (χ3v) is 7.37. The molecule has 2 aliphatic rings. The molecule has 29 heavy (non-hydrogen) atoms. The van der Waals surface area contributed by atoms with Gasteiger partial charge in [-0.05, 0) is 84.5 Å². The summed E-state index contributed by atoms with van der Waals surface area (Å²) in [6, 6.07) is 14.6. The fraction of sp³-hybridized carbons (Fsp3) is 0.556. The molecule has 2 atom stereocenters. The van der Waals surface area contributed by atoms with Crippen molar-refractivity contribution < 1.29 is 0 Å². The van der Waals surface area contributed by atoms with Gasteiger partial charge in [0.2, 0.25) is 0 Å². The van der Waals surface area contributed by atoms with E-state index in [-0.39, 0.29) is 0 Å². The summed E-state index contributed by atoms with van der Waals surface area (Å²) in [4.78, 5) is 4.98. The minimum absolute atomic E-state index is 0.630. The SMILES string of the molecule is CCN1CCc2cc(C(C)CCC(C)c3ccc4c(c3)CN(C)CC4)ccc2C1. The van der Waals surface area contributed by atoms with Gasteiger partial charge in [0.05, 0.1) is 0 Å². The van der Waals surface area contributed by atoms with E-state index < -0.39 is 0 Å². The van der Waals surface area contributed by atoms with E-state index in [4.69, 9.17) is 0 Å². The van der Waals surface area contributed by atoms with E-state index in [1.165, 1.54) is 49.9 Å². The van der Waals surface area contributed by atoms with Crippen molar-refractivity contribution in [2.75, 3.05) is 26.7 Å². The minimum Gasteiger partial charge on any atom is -0.302 e. The summed E-state index contributed by atoms with van der Waals surface area (Å²) in [5, 5.41) is 0. The van der Waals surface area contributed by atoms with Gasteiger partial charge in [-0.3, -0.25) is 4.90 Å². The fourth-order valence-electron chi connectivity index (χ4n) is 5.07. The lowest BCUT2D eigenvalue weighted by Gasteiger charge is -2.28. The van der Waals surface area contributed by atoms with Gasteiger partial charge in [-0.15, -0.1) is 0 Å². The predicted octanol–water partition coefficient (Wildman–Crippen LogP) is 5.74. The highest BCUT2D eigenvalue weighted by atomic mass is 15.1. The monoisotopic (exact) mass is 390 g/mol. The lowest BCUT2D eigenvalue weighted by atomic mass is 9.86. The molecular formula is C27H38N2. The molecule has 0 radical (unpaired) electrons. The third kappa shape index (κ3) is 4.75. The number of hydrogen-bond donors (Lipinski definition) is 0. The molecule has 0 fully saturated rings. The van der Waals surface area contributed by atoms with Crippen LogP contribution in [0.4, 0.5) is 0 Å². The molecule has 2 unspecified atom stereocenters. The molecule has 0 amide bonds. The Hall–Kier alpha value is -1.64. The standard InChI is InChI=1S/C27H38N2/c1-5-29-15-13-25-16-23(10-11-26(25)19-29)20(2)6-7-21(3)24-9-8-22-12-14-28(4)18-27(22)17-24/h8-11,16-17,20-21H,5-7,12-15,18-19H2,1-4H3. The highest BCUT2D eigenvalue weighted by Crippen LogP contribution is 2.31. The molecule has 0 aliphatic carbocycles. The second-order valence-electron chi connectivity index (χ2n) is 9.54. The average Bonchev–Trinajstić information content (AvgIpc) is 2.75. The Morgan fingerprint density at radius 2 is 1.38 bits per heavy atom. The van der Waals surface area contributed by atoms with Crippen LogP contribution in [0.15, 0.2) is 36.4 Å². The maximum Gasteiger partial charge on any atom is 0.0236 e. The molecule has 2 heterocycles. The number of fused-ring (bicyclic) bond motifs is 2. The summed E-state index contributed by atoms with van der Waals surface area (Å²) in [5.74, 6) is 1.27. The molecular weight excluding hydrogens is 352 g/mol. The van der Waals surface area contributed by atoms with E-state index >= 15 is 0 Å². The smallest absolute Gasteiger partial charge is 0.0236 e. The van der Waals surface area contributed by atoms with Crippen LogP contribution >= 0.6 is 0 Å². The third-order valence-electron chi connectivity index (χ3n) is 7.37. The lowest BCUT2D eigenvalue weighted by Crippen LogP contribution is -2.30. The quantitative estimate of drug-likeness (QED) is 0.620. The minimum atomic E-state index is 0.630. The molecule has 2 nitrogen and oxygen atoms in total. The van der Waals surface area contributed by atoms with Crippen LogP contribution < -0.4 is 0 Å². The zero-order chi connectivity index (χ0) is 20.4. The lowest BCUT2D eigenvalue weighted by molar-refractivity contribution is 0.268. The molecule has 0 N–H and O–H groups in total. The van der Waals surface area contributed by atoms with Crippen molar-refractivity contribution in [2.24, 2.45) is 0 Å². The van der Waals surface area contributed by atoms with Crippen molar-refractivity contribution >= 4 is 0 Å². The topological polar surface area (TPSA) is 6.48 Å². The second kappa shape index (κ2) is 9.02. The van der Waals surface area contributed by atoms with Crippen molar-refractivity contribution in [2.45, 2.75) is 71.4 Å². The van der Waals surface area contributed by atoms with E-state index in [0.717, 1.165) is 19.6 Å². The van der Waals surface area contributed by atoms with Gasteiger partial charge in [0, 0.05) is 26.2 Å². The summed E-state index contributed by atoms with van der Waals surface area (Å²) in [6.45, 7) is 12.9. The fourth-order valence-corrected chi connectivity index (χ4v) is 5.07. The van der Waals surface area contributed by atoms with Crippen LogP contribution in [0.25, 0.3) is 0 Å². The maximum atomic E-state index is 2.55. The molecule has 2 heteroatoms. The largest absolute Gasteiger partial charge is 0.302 e. The summed E-state index contributed by atoms with van der Waals surface area (Å²) < 4.78 is 0. The molecule has 0 saturated heterocycles. The van der Waals surface area contributed by atoms with Gasteiger partial charge in [0.15, 0.2) is 0 Å². The van der Waals surface area contributed by atoms with Gasteiger partial charge in [-0.2, -0.15) is 0 Å². The zero-order valence-electron chi connectivity index (χ0n) is 18.9. The number of benzene rings is 2. The average molecular weight is 391 g/mol. The molecule has 156 valence electrons. The van der Waals surface area contributed by atoms with Gasteiger partial charge < -0.3 is 4.90 Å². The molecule has 0 bridgehead atoms. The van der Waals surface area contributed by atoms with Crippen molar-refractivity contribution in [1.82, 2.24) is 9.80 Å². The Bertz CT molecular complexity index is 840. The first-order chi connectivity index (χ1) is 14.0. The van der Waals surface area contributed by atoms with Gasteiger partial charge in [-0.1, -0.05) is 57.2 Å². The molecule has 0 spiro atoms. The Labute approximate surface area is 177 Å². The van der Waals surface area contributed by atoms with Crippen molar-refractivity contribution in [3.05, 3.63) is 69.8 Å². The van der Waals surface area contributed by atoms with Crippen molar-refractivity contribution in [1.29, 1.82) is 0 Å². The van der Waals surface area contributed by atoms with Gasteiger partial charge in [-0.25, -0.2) is 0 Å². The first kappa shape index (κ1) is 20.6. The van der Waals surface area contributed by atoms with E-state index in [1.54, 1.807) is 22.3 Å². The highest BCUT2D eigenvalue weighted by Gasteiger charge is 2.18. The Morgan fingerprint density at radius 1 is 0.759 bits per heavy atom. The summed E-state index contributed by atoms with van der Waals surface area (Å²) in [6.07, 6.45) is 4.93. The first-order valence-corrected chi connectivity index (χ1v) is 11.7. The van der Waals surface area contributed by atoms with Crippen LogP contribution in [-0.4, -0.2) is 36.5 Å². The van der Waals surface area contributed by atoms with E-state index in [1.807, 2.05) is 0 Å². The van der Waals surface area contributed by atoms with Crippen LogP contribution in [0.2, 0.25) is 0 Å². The van der Waals surface area contributed by atoms with Gasteiger partial charge >= 0.3 is 0 Å². The number of nitrogens with zero attached hydrogens (tertiary/aromatic N) is 2. The highest BCUT2D eigenvalue weighted by molar-refractivity contribution is 5.36. The predicted molar refractivity (Wildman–Crippen MR) is 124 cm³/mol. The summed E-state index contributed by atoms with van der Waals surface area (Å²) in [5.41, 5.74) is 9.30. The Balaban J connectivity index is 1.37. The first-order valence-electron chi connectivity index (χ1n) is 11.7. The maximum absolute atomic E-state index is 2.55. The normalized spacial score (nSPS) is 19.4. The molecule has 2 aromatic rings. The Kier molecular flexibility index (Phi) is 6.41. The van der Waals surface area contributed by atoms with Crippen LogP contribution in [0.5, 0.6) is 0 Å². The molecule has 0 aromatic heterocycles. The number of likely N-dealkylation sites (N-methyl/N-ethyl adjacent to an activating group) is 2. The molecule has 0 saturated carbocycles. The summed E-state index contributed by atoms with van der Waals surface area (Å²) in [7, 11) is 2.24. The molecule has 4 rings (SSSR count). The van der Waals surface area contributed by atoms with Gasteiger partial charge in [0.25, 0.3) is 0 Å². The van der Waals surface area contributed by atoms with Crippen LogP contribution in [0, 0.1) is 0 Å². The molecule has 2 aliphatic heterocycles. The van der Waals surface area contributed by atoms with E-state index in [0.29, 0.717) is 11.8 Å². The van der Waals surface area contributed by atoms with Crippen LogP contribution in [-0.2, 0) is 25.9 Å². The molecule has 2 aromatic carbocycles. The zero-order valence-corrected chi connectivity index (χ0v) is 18.9. The van der Waals surface area contributed by atoms with Crippen molar-refractivity contribution in [3.63, 3.8) is 0 Å². The van der Waals surface area contributed by atoms with Crippen LogP contribution in [0.1, 0.15) is 78.8 Å². The number of rotatable bonds is 6. The van der Waals surface area contributed by atoms with Crippen molar-refractivity contribution in [3.8, 4) is 0 Å².